The number of nitrogens with two attached hydrogens (primary N) is 1. The van der Waals surface area contributed by atoms with Gasteiger partial charge in [0.05, 0.1) is 6.10 Å². The summed E-state index contributed by atoms with van der Waals surface area (Å²) in [5, 5.41) is 7.48. The van der Waals surface area contributed by atoms with Crippen LogP contribution in [-0.2, 0) is 4.74 Å². The first-order valence-electron chi connectivity index (χ1n) is 5.62. The molecule has 1 aliphatic heterocycles. The molecule has 2 N–H and O–H groups in total. The minimum Gasteiger partial charge on any atom is -0.382 e. The molecule has 6 heteroatoms. The van der Waals surface area contributed by atoms with E-state index in [9.17, 15) is 4.79 Å². The van der Waals surface area contributed by atoms with E-state index in [1.54, 1.807) is 24.1 Å². The monoisotopic (exact) mass is 236 g/mol. The zero-order chi connectivity index (χ0) is 12.3. The second-order valence-corrected chi connectivity index (χ2v) is 4.09. The van der Waals surface area contributed by atoms with E-state index in [4.69, 9.17) is 10.5 Å². The van der Waals surface area contributed by atoms with E-state index < -0.39 is 0 Å². The van der Waals surface area contributed by atoms with E-state index in [0.29, 0.717) is 18.1 Å². The van der Waals surface area contributed by atoms with Crippen molar-refractivity contribution < 1.29 is 9.53 Å². The Kier molecular flexibility index (Phi) is 3.53. The summed E-state index contributed by atoms with van der Waals surface area (Å²) < 4.78 is 5.28. The average molecular weight is 236 g/mol. The standard InChI is InChI=1S/C11H16N4O2/c1-17-8-3-2-6-15(7-8)11(16)9-4-5-10(12)14-13-9/h4-5,8H,2-3,6-7H2,1H3,(H2,12,14). The first-order chi connectivity index (χ1) is 8.20. The van der Waals surface area contributed by atoms with E-state index in [-0.39, 0.29) is 12.0 Å². The molecule has 0 radical (unpaired) electrons. The van der Waals surface area contributed by atoms with Gasteiger partial charge in [-0.1, -0.05) is 0 Å². The fraction of sp³-hybridized carbons (Fsp3) is 0.545. The van der Waals surface area contributed by atoms with Crippen molar-refractivity contribution in [1.29, 1.82) is 0 Å². The summed E-state index contributed by atoms with van der Waals surface area (Å²) in [4.78, 5) is 13.8. The number of anilines is 1. The van der Waals surface area contributed by atoms with Gasteiger partial charge in [-0.05, 0) is 25.0 Å². The highest BCUT2D eigenvalue weighted by atomic mass is 16.5. The van der Waals surface area contributed by atoms with Crippen LogP contribution in [0.2, 0.25) is 0 Å². The van der Waals surface area contributed by atoms with Crippen molar-refractivity contribution in [2.75, 3.05) is 25.9 Å². The minimum absolute atomic E-state index is 0.112. The van der Waals surface area contributed by atoms with Crippen molar-refractivity contribution in [2.45, 2.75) is 18.9 Å². The van der Waals surface area contributed by atoms with Gasteiger partial charge in [0.1, 0.15) is 5.82 Å². The number of piperidine rings is 1. The minimum atomic E-state index is -0.112. The van der Waals surface area contributed by atoms with Crippen LogP contribution in [0.15, 0.2) is 12.1 Å². The second-order valence-electron chi connectivity index (χ2n) is 4.09. The Balaban J connectivity index is 2.06. The highest BCUT2D eigenvalue weighted by molar-refractivity contribution is 5.92. The van der Waals surface area contributed by atoms with Crippen LogP contribution >= 0.6 is 0 Å². The van der Waals surface area contributed by atoms with Gasteiger partial charge in [0.15, 0.2) is 5.69 Å². The van der Waals surface area contributed by atoms with Gasteiger partial charge in [-0.3, -0.25) is 4.79 Å². The van der Waals surface area contributed by atoms with Gasteiger partial charge in [0, 0.05) is 20.2 Å². The van der Waals surface area contributed by atoms with Crippen LogP contribution < -0.4 is 5.73 Å². The summed E-state index contributed by atoms with van der Waals surface area (Å²) in [5.41, 5.74) is 5.76. The molecule has 1 aromatic heterocycles. The van der Waals surface area contributed by atoms with E-state index in [1.807, 2.05) is 0 Å². The molecule has 6 nitrogen and oxygen atoms in total. The lowest BCUT2D eigenvalue weighted by Crippen LogP contribution is -2.43. The van der Waals surface area contributed by atoms with Crippen LogP contribution in [0.1, 0.15) is 23.3 Å². The average Bonchev–Trinajstić information content (AvgIpc) is 2.39. The number of aromatic nitrogens is 2. The van der Waals surface area contributed by atoms with Gasteiger partial charge in [0.2, 0.25) is 0 Å². The maximum Gasteiger partial charge on any atom is 0.274 e. The second kappa shape index (κ2) is 5.09. The molecule has 92 valence electrons. The molecule has 0 aliphatic carbocycles. The Labute approximate surface area is 99.8 Å². The van der Waals surface area contributed by atoms with Gasteiger partial charge < -0.3 is 15.4 Å². The molecule has 1 aromatic rings. The van der Waals surface area contributed by atoms with Crippen molar-refractivity contribution >= 4 is 11.7 Å². The molecule has 1 fully saturated rings. The number of hydrogen-bond donors (Lipinski definition) is 1. The maximum absolute atomic E-state index is 12.1. The topological polar surface area (TPSA) is 81.3 Å². The number of hydrogen-bond acceptors (Lipinski definition) is 5. The number of nitrogens with zero attached hydrogens (tertiary/aromatic N) is 3. The van der Waals surface area contributed by atoms with Crippen molar-refractivity contribution in [3.8, 4) is 0 Å². The lowest BCUT2D eigenvalue weighted by atomic mass is 10.1. The molecule has 0 saturated carbocycles. The Morgan fingerprint density at radius 1 is 1.53 bits per heavy atom. The summed E-state index contributed by atoms with van der Waals surface area (Å²) in [7, 11) is 1.67. The van der Waals surface area contributed by atoms with Crippen LogP contribution in [-0.4, -0.2) is 47.3 Å². The molecule has 2 rings (SSSR count). The molecular weight excluding hydrogens is 220 g/mol. The summed E-state index contributed by atoms with van der Waals surface area (Å²) in [6, 6.07) is 3.18. The van der Waals surface area contributed by atoms with Crippen LogP contribution in [0.25, 0.3) is 0 Å². The molecule has 2 heterocycles. The van der Waals surface area contributed by atoms with Gasteiger partial charge >= 0.3 is 0 Å². The smallest absolute Gasteiger partial charge is 0.274 e. The first-order valence-corrected chi connectivity index (χ1v) is 5.62. The number of ether oxygens (including phenoxy) is 1. The number of rotatable bonds is 2. The molecule has 0 bridgehead atoms. The zero-order valence-corrected chi connectivity index (χ0v) is 9.80. The molecule has 0 aromatic carbocycles. The number of likely N-dealkylation sites (tertiary alicyclic amines) is 1. The van der Waals surface area contributed by atoms with Crippen molar-refractivity contribution in [2.24, 2.45) is 0 Å². The van der Waals surface area contributed by atoms with E-state index in [0.717, 1.165) is 19.4 Å². The van der Waals surface area contributed by atoms with Crippen LogP contribution in [0.5, 0.6) is 0 Å². The molecule has 1 saturated heterocycles. The lowest BCUT2D eigenvalue weighted by Gasteiger charge is -2.31. The molecule has 0 spiro atoms. The SMILES string of the molecule is COC1CCCN(C(=O)c2ccc(N)nn2)C1. The normalized spacial score (nSPS) is 20.3. The van der Waals surface area contributed by atoms with Crippen molar-refractivity contribution in [3.63, 3.8) is 0 Å². The van der Waals surface area contributed by atoms with Gasteiger partial charge in [0.25, 0.3) is 5.91 Å². The summed E-state index contributed by atoms with van der Waals surface area (Å²) in [5.74, 6) is 0.203. The number of amides is 1. The molecule has 1 aliphatic rings. The van der Waals surface area contributed by atoms with Crippen molar-refractivity contribution in [3.05, 3.63) is 17.8 Å². The predicted molar refractivity (Wildman–Crippen MR) is 62.4 cm³/mol. The summed E-state index contributed by atoms with van der Waals surface area (Å²) in [6.07, 6.45) is 2.06. The number of nitrogen functional groups attached to an aromatic ring is 1. The molecular formula is C11H16N4O2. The van der Waals surface area contributed by atoms with Crippen LogP contribution in [0.3, 0.4) is 0 Å². The van der Waals surface area contributed by atoms with Gasteiger partial charge in [-0.25, -0.2) is 0 Å². The first kappa shape index (κ1) is 11.8. The van der Waals surface area contributed by atoms with Gasteiger partial charge in [-0.15, -0.1) is 10.2 Å². The Hall–Kier alpha value is -1.69. The summed E-state index contributed by atoms with van der Waals surface area (Å²) in [6.45, 7) is 1.35. The number of methoxy groups -OCH3 is 1. The van der Waals surface area contributed by atoms with Gasteiger partial charge in [-0.2, -0.15) is 0 Å². The van der Waals surface area contributed by atoms with Crippen LogP contribution in [0, 0.1) is 0 Å². The lowest BCUT2D eigenvalue weighted by molar-refractivity contribution is 0.0265. The molecule has 1 amide bonds. The maximum atomic E-state index is 12.1. The fourth-order valence-electron chi connectivity index (χ4n) is 1.93. The number of carbonyl (C=O) groups excluding carboxylic acids is 1. The highest BCUT2D eigenvalue weighted by Crippen LogP contribution is 2.14. The Morgan fingerprint density at radius 3 is 3.00 bits per heavy atom. The number of carbonyl (C=O) groups is 1. The fourth-order valence-corrected chi connectivity index (χ4v) is 1.93. The molecule has 1 atom stereocenters. The Morgan fingerprint density at radius 2 is 2.35 bits per heavy atom. The predicted octanol–water partition coefficient (Wildman–Crippen LogP) is 0.310. The third-order valence-corrected chi connectivity index (χ3v) is 2.90. The molecule has 1 unspecified atom stereocenters. The molecule has 17 heavy (non-hydrogen) atoms. The van der Waals surface area contributed by atoms with E-state index in [1.165, 1.54) is 0 Å². The third kappa shape index (κ3) is 2.71. The van der Waals surface area contributed by atoms with E-state index >= 15 is 0 Å². The van der Waals surface area contributed by atoms with Crippen LogP contribution in [0.4, 0.5) is 5.82 Å². The Bertz CT molecular complexity index is 393. The van der Waals surface area contributed by atoms with Crippen molar-refractivity contribution in [1.82, 2.24) is 15.1 Å². The highest BCUT2D eigenvalue weighted by Gasteiger charge is 2.25. The largest absolute Gasteiger partial charge is 0.382 e. The zero-order valence-electron chi connectivity index (χ0n) is 9.80. The third-order valence-electron chi connectivity index (χ3n) is 2.90. The quantitative estimate of drug-likeness (QED) is 0.799. The summed E-state index contributed by atoms with van der Waals surface area (Å²) >= 11 is 0. The van der Waals surface area contributed by atoms with E-state index in [2.05, 4.69) is 10.2 Å².